The van der Waals surface area contributed by atoms with Crippen LogP contribution in [0, 0.1) is 0 Å². The molecule has 0 aliphatic rings. The minimum Gasteiger partial charge on any atom is -0.383 e. The molecular formula is C13H17F3N2O2. The minimum absolute atomic E-state index is 0.0762. The Kier molecular flexibility index (Phi) is 6.47. The van der Waals surface area contributed by atoms with Crippen molar-refractivity contribution in [3.63, 3.8) is 0 Å². The van der Waals surface area contributed by atoms with Gasteiger partial charge in [-0.15, -0.1) is 0 Å². The maximum Gasteiger partial charge on any atom is 0.393 e. The smallest absolute Gasteiger partial charge is 0.383 e. The maximum atomic E-state index is 12.3. The summed E-state index contributed by atoms with van der Waals surface area (Å²) in [5.41, 5.74) is 0.466. The Morgan fingerprint density at radius 2 is 2.10 bits per heavy atom. The summed E-state index contributed by atoms with van der Waals surface area (Å²) in [4.78, 5) is 11.5. The Morgan fingerprint density at radius 1 is 1.35 bits per heavy atom. The fourth-order valence-corrected chi connectivity index (χ4v) is 1.57. The molecule has 4 nitrogen and oxygen atoms in total. The summed E-state index contributed by atoms with van der Waals surface area (Å²) < 4.78 is 41.6. The molecule has 1 amide bonds. The topological polar surface area (TPSA) is 50.4 Å². The van der Waals surface area contributed by atoms with Gasteiger partial charge in [0.15, 0.2) is 0 Å². The molecule has 1 aromatic rings. The zero-order valence-electron chi connectivity index (χ0n) is 11.1. The van der Waals surface area contributed by atoms with Crippen LogP contribution in [0.2, 0.25) is 0 Å². The van der Waals surface area contributed by atoms with E-state index in [9.17, 15) is 18.0 Å². The van der Waals surface area contributed by atoms with E-state index in [1.165, 1.54) is 18.2 Å². The average Bonchev–Trinajstić information content (AvgIpc) is 2.33. The number of nitrogens with one attached hydrogen (secondary N) is 2. The lowest BCUT2D eigenvalue weighted by Crippen LogP contribution is -2.30. The first kappa shape index (κ1) is 16.5. The molecule has 0 spiro atoms. The number of methoxy groups -OCH3 is 1. The zero-order chi connectivity index (χ0) is 15.0. The molecule has 0 fully saturated rings. The minimum atomic E-state index is -4.26. The highest BCUT2D eigenvalue weighted by Gasteiger charge is 2.27. The zero-order valence-corrected chi connectivity index (χ0v) is 11.1. The van der Waals surface area contributed by atoms with Crippen molar-refractivity contribution >= 4 is 11.6 Å². The predicted octanol–water partition coefficient (Wildman–Crippen LogP) is 1.97. The molecule has 1 rings (SSSR count). The Hall–Kier alpha value is -1.60. The van der Waals surface area contributed by atoms with Crippen LogP contribution in [0.15, 0.2) is 24.3 Å². The first-order valence-electron chi connectivity index (χ1n) is 6.06. The normalized spacial score (nSPS) is 11.4. The van der Waals surface area contributed by atoms with Gasteiger partial charge in [0.25, 0.3) is 0 Å². The molecule has 0 unspecified atom stereocenters. The van der Waals surface area contributed by atoms with Crippen molar-refractivity contribution in [3.05, 3.63) is 29.8 Å². The number of rotatable bonds is 7. The Morgan fingerprint density at radius 3 is 2.75 bits per heavy atom. The summed E-state index contributed by atoms with van der Waals surface area (Å²) >= 11 is 0. The highest BCUT2D eigenvalue weighted by atomic mass is 19.4. The molecular weight excluding hydrogens is 273 g/mol. The molecule has 1 aromatic carbocycles. The van der Waals surface area contributed by atoms with Crippen molar-refractivity contribution < 1.29 is 22.7 Å². The van der Waals surface area contributed by atoms with Crippen LogP contribution in [0.25, 0.3) is 0 Å². The van der Waals surface area contributed by atoms with Crippen molar-refractivity contribution in [3.8, 4) is 0 Å². The Labute approximate surface area is 115 Å². The molecule has 0 aliphatic heterocycles. The standard InChI is InChI=1S/C13H17F3N2O2/c1-20-6-5-17-9-12(19)18-11-4-2-3-10(7-11)8-13(14,15)16/h2-4,7,17H,5-6,8-9H2,1H3,(H,18,19). The molecule has 0 saturated heterocycles. The van der Waals surface area contributed by atoms with Crippen LogP contribution in [-0.2, 0) is 16.0 Å². The molecule has 0 saturated carbocycles. The van der Waals surface area contributed by atoms with Gasteiger partial charge in [-0.25, -0.2) is 0 Å². The van der Waals surface area contributed by atoms with Crippen LogP contribution < -0.4 is 10.6 Å². The van der Waals surface area contributed by atoms with Gasteiger partial charge in [-0.3, -0.25) is 4.79 Å². The van der Waals surface area contributed by atoms with Crippen LogP contribution in [0.4, 0.5) is 18.9 Å². The first-order valence-corrected chi connectivity index (χ1v) is 6.06. The number of amides is 1. The quantitative estimate of drug-likeness (QED) is 0.755. The second-order valence-electron chi connectivity index (χ2n) is 4.21. The van der Waals surface area contributed by atoms with Gasteiger partial charge >= 0.3 is 6.18 Å². The van der Waals surface area contributed by atoms with Crippen molar-refractivity contribution in [1.82, 2.24) is 5.32 Å². The summed E-state index contributed by atoms with van der Waals surface area (Å²) in [6.07, 6.45) is -5.27. The number of carbonyl (C=O) groups excluding carboxylic acids is 1. The third kappa shape index (κ3) is 7.10. The van der Waals surface area contributed by atoms with Gasteiger partial charge in [0.05, 0.1) is 19.6 Å². The molecule has 0 aliphatic carbocycles. The van der Waals surface area contributed by atoms with E-state index >= 15 is 0 Å². The average molecular weight is 290 g/mol. The largest absolute Gasteiger partial charge is 0.393 e. The number of anilines is 1. The van der Waals surface area contributed by atoms with Crippen LogP contribution in [0.5, 0.6) is 0 Å². The molecule has 0 radical (unpaired) electrons. The van der Waals surface area contributed by atoms with E-state index in [1.54, 1.807) is 13.2 Å². The SMILES string of the molecule is COCCNCC(=O)Nc1cccc(CC(F)(F)F)c1. The fraction of sp³-hybridized carbons (Fsp3) is 0.462. The van der Waals surface area contributed by atoms with E-state index < -0.39 is 12.6 Å². The monoisotopic (exact) mass is 290 g/mol. The summed E-state index contributed by atoms with van der Waals surface area (Å²) in [5, 5.41) is 5.38. The van der Waals surface area contributed by atoms with Crippen LogP contribution in [0.1, 0.15) is 5.56 Å². The number of alkyl halides is 3. The number of carbonyl (C=O) groups is 1. The maximum absolute atomic E-state index is 12.3. The Balaban J connectivity index is 2.47. The van der Waals surface area contributed by atoms with Crippen molar-refractivity contribution in [1.29, 1.82) is 0 Å². The van der Waals surface area contributed by atoms with Gasteiger partial charge in [0.1, 0.15) is 0 Å². The van der Waals surface area contributed by atoms with E-state index in [2.05, 4.69) is 10.6 Å². The lowest BCUT2D eigenvalue weighted by Gasteiger charge is -2.10. The van der Waals surface area contributed by atoms with Gasteiger partial charge in [-0.2, -0.15) is 13.2 Å². The van der Waals surface area contributed by atoms with Gasteiger partial charge in [0, 0.05) is 19.3 Å². The van der Waals surface area contributed by atoms with E-state index in [4.69, 9.17) is 4.74 Å². The van der Waals surface area contributed by atoms with Crippen molar-refractivity contribution in [2.75, 3.05) is 32.1 Å². The van der Waals surface area contributed by atoms with Gasteiger partial charge in [0.2, 0.25) is 5.91 Å². The van der Waals surface area contributed by atoms with Gasteiger partial charge in [-0.1, -0.05) is 12.1 Å². The number of hydrogen-bond donors (Lipinski definition) is 2. The number of ether oxygens (including phenoxy) is 1. The lowest BCUT2D eigenvalue weighted by atomic mass is 10.1. The Bertz CT molecular complexity index is 436. The molecule has 0 heterocycles. The third-order valence-electron chi connectivity index (χ3n) is 2.38. The van der Waals surface area contributed by atoms with Crippen LogP contribution in [-0.4, -0.2) is 38.9 Å². The highest BCUT2D eigenvalue weighted by molar-refractivity contribution is 5.92. The fourth-order valence-electron chi connectivity index (χ4n) is 1.57. The molecule has 0 atom stereocenters. The third-order valence-corrected chi connectivity index (χ3v) is 2.38. The molecule has 20 heavy (non-hydrogen) atoms. The van der Waals surface area contributed by atoms with Gasteiger partial charge in [-0.05, 0) is 17.7 Å². The molecule has 2 N–H and O–H groups in total. The van der Waals surface area contributed by atoms with E-state index in [0.29, 0.717) is 18.8 Å². The lowest BCUT2D eigenvalue weighted by molar-refractivity contribution is -0.127. The second kappa shape index (κ2) is 7.86. The number of benzene rings is 1. The summed E-state index contributed by atoms with van der Waals surface area (Å²) in [6.45, 7) is 1.08. The van der Waals surface area contributed by atoms with Crippen LogP contribution in [0.3, 0.4) is 0 Å². The highest BCUT2D eigenvalue weighted by Crippen LogP contribution is 2.22. The molecule has 0 aromatic heterocycles. The number of hydrogen-bond acceptors (Lipinski definition) is 3. The molecule has 112 valence electrons. The molecule has 7 heteroatoms. The van der Waals surface area contributed by atoms with E-state index in [0.717, 1.165) is 0 Å². The second-order valence-corrected chi connectivity index (χ2v) is 4.21. The van der Waals surface area contributed by atoms with Crippen molar-refractivity contribution in [2.45, 2.75) is 12.6 Å². The first-order chi connectivity index (χ1) is 9.40. The summed E-state index contributed by atoms with van der Waals surface area (Å²) in [6, 6.07) is 5.72. The van der Waals surface area contributed by atoms with E-state index in [-0.39, 0.29) is 18.0 Å². The van der Waals surface area contributed by atoms with Crippen LogP contribution >= 0.6 is 0 Å². The summed E-state index contributed by atoms with van der Waals surface area (Å²) in [5.74, 6) is -0.315. The summed E-state index contributed by atoms with van der Waals surface area (Å²) in [7, 11) is 1.55. The van der Waals surface area contributed by atoms with E-state index in [1.807, 2.05) is 0 Å². The molecule has 0 bridgehead atoms. The van der Waals surface area contributed by atoms with Gasteiger partial charge < -0.3 is 15.4 Å². The predicted molar refractivity (Wildman–Crippen MR) is 69.6 cm³/mol. The van der Waals surface area contributed by atoms with Crippen molar-refractivity contribution in [2.24, 2.45) is 0 Å². The number of halogens is 3.